The van der Waals surface area contributed by atoms with Crippen LogP contribution in [-0.4, -0.2) is 75.0 Å². The van der Waals surface area contributed by atoms with Crippen LogP contribution >= 0.6 is 0 Å². The highest BCUT2D eigenvalue weighted by Crippen LogP contribution is 2.34. The number of likely N-dealkylation sites (N-methyl/N-ethyl adjacent to an activating group) is 1. The zero-order valence-electron chi connectivity index (χ0n) is 16.2. The molecule has 29 heavy (non-hydrogen) atoms. The van der Waals surface area contributed by atoms with Crippen molar-refractivity contribution in [1.82, 2.24) is 4.90 Å². The number of sulfone groups is 1. The molecule has 160 valence electrons. The van der Waals surface area contributed by atoms with Crippen molar-refractivity contribution in [2.24, 2.45) is 0 Å². The van der Waals surface area contributed by atoms with Gasteiger partial charge in [-0.15, -0.1) is 0 Å². The molecule has 1 heterocycles. The normalized spacial score (nSPS) is 17.4. The number of hydrogen-bond donors (Lipinski definition) is 0. The van der Waals surface area contributed by atoms with Gasteiger partial charge >= 0.3 is 5.97 Å². The molecular formula is C17H22N2O9S. The second-order valence-corrected chi connectivity index (χ2v) is 8.52. The Morgan fingerprint density at radius 3 is 2.34 bits per heavy atom. The summed E-state index contributed by atoms with van der Waals surface area (Å²) < 4.78 is 38.3. The minimum Gasteiger partial charge on any atom is -0.493 e. The third-order valence-corrected chi connectivity index (χ3v) is 6.31. The van der Waals surface area contributed by atoms with Crippen LogP contribution in [0.3, 0.4) is 0 Å². The summed E-state index contributed by atoms with van der Waals surface area (Å²) in [7, 11) is -0.595. The number of esters is 1. The van der Waals surface area contributed by atoms with Gasteiger partial charge in [0, 0.05) is 18.7 Å². The predicted octanol–water partition coefficient (Wildman–Crippen LogP) is 0.804. The van der Waals surface area contributed by atoms with Crippen LogP contribution in [0.1, 0.15) is 23.7 Å². The fraction of sp³-hybridized carbons (Fsp3) is 0.529. The number of carbonyl (C=O) groups is 2. The predicted molar refractivity (Wildman–Crippen MR) is 101 cm³/mol. The fourth-order valence-electron chi connectivity index (χ4n) is 3.13. The van der Waals surface area contributed by atoms with Gasteiger partial charge in [-0.05, 0) is 13.3 Å². The van der Waals surface area contributed by atoms with Crippen LogP contribution in [0.4, 0.5) is 5.69 Å². The summed E-state index contributed by atoms with van der Waals surface area (Å²) in [6.07, 6.45) is 0.316. The summed E-state index contributed by atoms with van der Waals surface area (Å²) in [5, 5.41) is 11.3. The molecule has 1 aromatic rings. The van der Waals surface area contributed by atoms with Crippen LogP contribution in [0.25, 0.3) is 0 Å². The van der Waals surface area contributed by atoms with E-state index < -0.39 is 50.5 Å². The minimum absolute atomic E-state index is 0.000921. The average molecular weight is 430 g/mol. The molecule has 1 fully saturated rings. The molecule has 1 aromatic carbocycles. The van der Waals surface area contributed by atoms with Gasteiger partial charge in [0.25, 0.3) is 11.6 Å². The number of nitro groups is 1. The van der Waals surface area contributed by atoms with E-state index in [0.29, 0.717) is 6.42 Å². The van der Waals surface area contributed by atoms with Crippen molar-refractivity contribution in [2.45, 2.75) is 19.4 Å². The summed E-state index contributed by atoms with van der Waals surface area (Å²) >= 11 is 0. The number of methoxy groups -OCH3 is 2. The Hall–Kier alpha value is -2.89. The number of ether oxygens (including phenoxy) is 3. The SMILES string of the molecule is CCN(C(=O)COC(=O)c1cc(OC)c(OC)cc1[N+](=O)[O-])[C@@H]1CCS(=O)(=O)C1. The standard InChI is InChI=1S/C17H22N2O9S/c1-4-18(11-5-6-29(24,25)10-11)16(20)9-28-17(21)12-7-14(26-2)15(27-3)8-13(12)19(22)23/h7-8,11H,4-6,9-10H2,1-3H3/t11-/m1/s1. The smallest absolute Gasteiger partial charge is 0.345 e. The molecule has 2 rings (SSSR count). The second-order valence-electron chi connectivity index (χ2n) is 6.29. The van der Waals surface area contributed by atoms with E-state index in [2.05, 4.69) is 0 Å². The number of benzene rings is 1. The molecule has 0 spiro atoms. The topological polar surface area (TPSA) is 142 Å². The number of nitrogens with zero attached hydrogens (tertiary/aromatic N) is 2. The molecule has 11 nitrogen and oxygen atoms in total. The van der Waals surface area contributed by atoms with E-state index in [1.807, 2.05) is 0 Å². The van der Waals surface area contributed by atoms with E-state index in [9.17, 15) is 28.1 Å². The van der Waals surface area contributed by atoms with Gasteiger partial charge in [0.05, 0.1) is 36.7 Å². The van der Waals surface area contributed by atoms with Crippen molar-refractivity contribution in [3.05, 3.63) is 27.8 Å². The molecule has 1 amide bonds. The summed E-state index contributed by atoms with van der Waals surface area (Å²) in [6, 6.07) is 1.65. The summed E-state index contributed by atoms with van der Waals surface area (Å²) in [4.78, 5) is 36.7. The Kier molecular flexibility index (Phi) is 7.01. The highest BCUT2D eigenvalue weighted by Gasteiger charge is 2.34. The number of carbonyl (C=O) groups excluding carboxylic acids is 2. The van der Waals surface area contributed by atoms with E-state index in [0.717, 1.165) is 12.1 Å². The first-order valence-electron chi connectivity index (χ1n) is 8.71. The van der Waals surface area contributed by atoms with Gasteiger partial charge in [0.2, 0.25) is 0 Å². The zero-order valence-corrected chi connectivity index (χ0v) is 17.1. The third-order valence-electron chi connectivity index (χ3n) is 4.56. The van der Waals surface area contributed by atoms with Gasteiger partial charge in [-0.3, -0.25) is 14.9 Å². The molecular weight excluding hydrogens is 408 g/mol. The van der Waals surface area contributed by atoms with Crippen molar-refractivity contribution in [2.75, 3.05) is 38.9 Å². The summed E-state index contributed by atoms with van der Waals surface area (Å²) in [6.45, 7) is 1.26. The van der Waals surface area contributed by atoms with Gasteiger partial charge in [-0.1, -0.05) is 0 Å². The lowest BCUT2D eigenvalue weighted by molar-refractivity contribution is -0.385. The minimum atomic E-state index is -3.19. The highest BCUT2D eigenvalue weighted by atomic mass is 32.2. The first kappa shape index (κ1) is 22.4. The number of amides is 1. The van der Waals surface area contributed by atoms with Crippen molar-refractivity contribution < 1.29 is 37.1 Å². The maximum atomic E-state index is 12.4. The molecule has 0 unspecified atom stereocenters. The highest BCUT2D eigenvalue weighted by molar-refractivity contribution is 7.91. The van der Waals surface area contributed by atoms with Crippen LogP contribution < -0.4 is 9.47 Å². The molecule has 0 saturated carbocycles. The van der Waals surface area contributed by atoms with Crippen molar-refractivity contribution >= 4 is 27.4 Å². The molecule has 1 saturated heterocycles. The molecule has 1 aliphatic rings. The van der Waals surface area contributed by atoms with Crippen LogP contribution in [0.15, 0.2) is 12.1 Å². The van der Waals surface area contributed by atoms with Crippen molar-refractivity contribution in [3.63, 3.8) is 0 Å². The van der Waals surface area contributed by atoms with Crippen LogP contribution in [0.5, 0.6) is 11.5 Å². The average Bonchev–Trinajstić information content (AvgIpc) is 3.04. The fourth-order valence-corrected chi connectivity index (χ4v) is 4.86. The maximum Gasteiger partial charge on any atom is 0.345 e. The number of rotatable bonds is 8. The third kappa shape index (κ3) is 5.13. The van der Waals surface area contributed by atoms with E-state index in [1.54, 1.807) is 6.92 Å². The lowest BCUT2D eigenvalue weighted by Gasteiger charge is -2.26. The summed E-state index contributed by atoms with van der Waals surface area (Å²) in [5.41, 5.74) is -0.957. The molecule has 0 bridgehead atoms. The van der Waals surface area contributed by atoms with Crippen LogP contribution in [0, 0.1) is 10.1 Å². The van der Waals surface area contributed by atoms with E-state index in [4.69, 9.17) is 14.2 Å². The Morgan fingerprint density at radius 1 is 1.24 bits per heavy atom. The first-order chi connectivity index (χ1) is 13.6. The molecule has 0 N–H and O–H groups in total. The monoisotopic (exact) mass is 430 g/mol. The summed E-state index contributed by atoms with van der Waals surface area (Å²) in [5.74, 6) is -1.65. The maximum absolute atomic E-state index is 12.4. The van der Waals surface area contributed by atoms with Gasteiger partial charge in [-0.25, -0.2) is 13.2 Å². The van der Waals surface area contributed by atoms with Gasteiger partial charge in [0.15, 0.2) is 27.9 Å². The van der Waals surface area contributed by atoms with Crippen molar-refractivity contribution in [1.29, 1.82) is 0 Å². The van der Waals surface area contributed by atoms with Gasteiger partial charge in [-0.2, -0.15) is 0 Å². The second kappa shape index (κ2) is 9.07. The first-order valence-corrected chi connectivity index (χ1v) is 10.5. The Morgan fingerprint density at radius 2 is 1.86 bits per heavy atom. The molecule has 12 heteroatoms. The van der Waals surface area contributed by atoms with Crippen molar-refractivity contribution in [3.8, 4) is 11.5 Å². The lowest BCUT2D eigenvalue weighted by atomic mass is 10.1. The largest absolute Gasteiger partial charge is 0.493 e. The molecule has 1 aliphatic heterocycles. The Labute approximate surface area is 167 Å². The number of hydrogen-bond acceptors (Lipinski definition) is 9. The Balaban J connectivity index is 2.15. The van der Waals surface area contributed by atoms with Crippen LogP contribution in [-0.2, 0) is 19.4 Å². The Bertz CT molecular complexity index is 914. The van der Waals surface area contributed by atoms with E-state index in [1.165, 1.54) is 19.1 Å². The quantitative estimate of drug-likeness (QED) is 0.332. The van der Waals surface area contributed by atoms with E-state index >= 15 is 0 Å². The molecule has 0 aromatic heterocycles. The van der Waals surface area contributed by atoms with Crippen LogP contribution in [0.2, 0.25) is 0 Å². The molecule has 0 aliphatic carbocycles. The lowest BCUT2D eigenvalue weighted by Crippen LogP contribution is -2.43. The van der Waals surface area contributed by atoms with E-state index in [-0.39, 0.29) is 29.5 Å². The molecule has 0 radical (unpaired) electrons. The van der Waals surface area contributed by atoms with Gasteiger partial charge in [0.1, 0.15) is 5.56 Å². The zero-order chi connectivity index (χ0) is 21.8. The van der Waals surface area contributed by atoms with Gasteiger partial charge < -0.3 is 19.1 Å². The number of nitro benzene ring substituents is 1. The molecule has 1 atom stereocenters.